The molecule has 0 heterocycles. The van der Waals surface area contributed by atoms with E-state index in [9.17, 15) is 17.9 Å². The highest BCUT2D eigenvalue weighted by Gasteiger charge is 2.44. The maximum atomic E-state index is 11.9. The van der Waals surface area contributed by atoms with Crippen LogP contribution in [0, 0.1) is 0 Å². The maximum Gasteiger partial charge on any atom is 0.195 e. The third-order valence-electron chi connectivity index (χ3n) is 1.76. The molecule has 11 heavy (non-hydrogen) atoms. The molecule has 6 heteroatoms. The van der Waals surface area contributed by atoms with Crippen LogP contribution in [0.3, 0.4) is 0 Å². The lowest BCUT2D eigenvalue weighted by Gasteiger charge is -2.29. The van der Waals surface area contributed by atoms with Crippen molar-refractivity contribution < 1.29 is 17.9 Å². The van der Waals surface area contributed by atoms with E-state index in [1.54, 1.807) is 0 Å². The highest BCUT2D eigenvalue weighted by Crippen LogP contribution is 2.29. The minimum Gasteiger partial charge on any atom is -0.0993 e. The van der Waals surface area contributed by atoms with Crippen molar-refractivity contribution in [1.82, 2.24) is 10.7 Å². The first-order chi connectivity index (χ1) is 5.01. The molecule has 0 unspecified atom stereocenters. The molecule has 0 amide bonds. The zero-order valence-corrected chi connectivity index (χ0v) is 6.32. The standard InChI is InChI=1S/C5H10F4N2/c1-3-5(4-2,10(6)7)11(8)9/h3-4H2,1-2H3. The number of hydrogen-bond acceptors (Lipinski definition) is 2. The summed E-state index contributed by atoms with van der Waals surface area (Å²) in [6, 6.07) is 0. The smallest absolute Gasteiger partial charge is 0.0993 e. The fourth-order valence-electron chi connectivity index (χ4n) is 0.785. The summed E-state index contributed by atoms with van der Waals surface area (Å²) in [5, 5.41) is -2.90. The third kappa shape index (κ3) is 1.81. The molecular weight excluding hydrogens is 164 g/mol. The quantitative estimate of drug-likeness (QED) is 0.367. The fourth-order valence-corrected chi connectivity index (χ4v) is 0.785. The van der Waals surface area contributed by atoms with Crippen molar-refractivity contribution in [2.45, 2.75) is 32.4 Å². The van der Waals surface area contributed by atoms with E-state index >= 15 is 0 Å². The van der Waals surface area contributed by atoms with Gasteiger partial charge in [-0.25, -0.2) is 0 Å². The first kappa shape index (κ1) is 10.6. The van der Waals surface area contributed by atoms with Crippen LogP contribution in [-0.2, 0) is 0 Å². The average Bonchev–Trinajstić information content (AvgIpc) is 1.90. The Morgan fingerprint density at radius 2 is 1.18 bits per heavy atom. The molecule has 0 aromatic rings. The van der Waals surface area contributed by atoms with Crippen LogP contribution in [0.15, 0.2) is 0 Å². The summed E-state index contributed by atoms with van der Waals surface area (Å²) in [7, 11) is 0. The molecule has 0 aromatic carbocycles. The average molecular weight is 174 g/mol. The predicted molar refractivity (Wildman–Crippen MR) is 31.4 cm³/mol. The molecule has 0 radical (unpaired) electrons. The van der Waals surface area contributed by atoms with E-state index in [0.29, 0.717) is 0 Å². The van der Waals surface area contributed by atoms with Gasteiger partial charge in [-0.15, -0.1) is 0 Å². The van der Waals surface area contributed by atoms with E-state index in [-0.39, 0.29) is 12.8 Å². The van der Waals surface area contributed by atoms with Gasteiger partial charge in [0.05, 0.1) is 0 Å². The van der Waals surface area contributed by atoms with Gasteiger partial charge in [0, 0.05) is 10.7 Å². The van der Waals surface area contributed by atoms with Crippen LogP contribution in [-0.4, -0.2) is 16.4 Å². The summed E-state index contributed by atoms with van der Waals surface area (Å²) >= 11 is 0. The Morgan fingerprint density at radius 3 is 1.18 bits per heavy atom. The Bertz CT molecular complexity index is 103. The van der Waals surface area contributed by atoms with Crippen molar-refractivity contribution in [3.63, 3.8) is 0 Å². The van der Waals surface area contributed by atoms with Crippen molar-refractivity contribution in [2.24, 2.45) is 0 Å². The van der Waals surface area contributed by atoms with Crippen molar-refractivity contribution in [3.8, 4) is 0 Å². The molecule has 0 aliphatic rings. The molecule has 0 aliphatic carbocycles. The Kier molecular flexibility index (Phi) is 3.74. The molecule has 0 rings (SSSR count). The summed E-state index contributed by atoms with van der Waals surface area (Å²) in [6.07, 6.45) is -0.660. The van der Waals surface area contributed by atoms with E-state index in [4.69, 9.17) is 0 Å². The van der Waals surface area contributed by atoms with Crippen LogP contribution in [0.4, 0.5) is 17.9 Å². The molecule has 0 aromatic heterocycles. The summed E-state index contributed by atoms with van der Waals surface area (Å²) < 4.78 is 47.7. The topological polar surface area (TPSA) is 6.48 Å². The van der Waals surface area contributed by atoms with Gasteiger partial charge in [0.2, 0.25) is 0 Å². The number of hydrogen-bond donors (Lipinski definition) is 0. The van der Waals surface area contributed by atoms with Gasteiger partial charge in [-0.1, -0.05) is 31.8 Å². The van der Waals surface area contributed by atoms with Gasteiger partial charge < -0.3 is 0 Å². The van der Waals surface area contributed by atoms with Crippen molar-refractivity contribution in [3.05, 3.63) is 0 Å². The summed E-state index contributed by atoms with van der Waals surface area (Å²) in [5.41, 5.74) is -2.42. The Hall–Kier alpha value is -0.360. The molecule has 0 N–H and O–H groups in total. The van der Waals surface area contributed by atoms with Gasteiger partial charge in [0.1, 0.15) is 0 Å². The van der Waals surface area contributed by atoms with E-state index in [1.165, 1.54) is 13.8 Å². The highest BCUT2D eigenvalue weighted by molar-refractivity contribution is 4.73. The number of nitrogens with zero attached hydrogens (tertiary/aromatic N) is 2. The maximum absolute atomic E-state index is 11.9. The van der Waals surface area contributed by atoms with Gasteiger partial charge in [-0.05, 0) is 12.8 Å². The lowest BCUT2D eigenvalue weighted by atomic mass is 10.1. The highest BCUT2D eigenvalue weighted by atomic mass is 19.4. The molecule has 0 spiro atoms. The second kappa shape index (κ2) is 3.87. The molecule has 0 saturated heterocycles. The minimum absolute atomic E-state index is 0.330. The van der Waals surface area contributed by atoms with Crippen LogP contribution >= 0.6 is 0 Å². The molecule has 0 saturated carbocycles. The Morgan fingerprint density at radius 1 is 0.909 bits per heavy atom. The van der Waals surface area contributed by atoms with Crippen molar-refractivity contribution in [1.29, 1.82) is 0 Å². The van der Waals surface area contributed by atoms with Gasteiger partial charge >= 0.3 is 0 Å². The second-order valence-electron chi connectivity index (χ2n) is 2.16. The first-order valence-electron chi connectivity index (χ1n) is 3.24. The predicted octanol–water partition coefficient (Wildman–Crippen LogP) is 2.64. The van der Waals surface area contributed by atoms with Gasteiger partial charge in [-0.2, -0.15) is 0 Å². The summed E-state index contributed by atoms with van der Waals surface area (Å²) in [4.78, 5) is 0. The molecule has 68 valence electrons. The second-order valence-corrected chi connectivity index (χ2v) is 2.16. The summed E-state index contributed by atoms with van der Waals surface area (Å²) in [5.74, 6) is 0. The third-order valence-corrected chi connectivity index (χ3v) is 1.76. The molecule has 0 aliphatic heterocycles. The lowest BCUT2D eigenvalue weighted by molar-refractivity contribution is -0.373. The number of rotatable bonds is 4. The first-order valence-corrected chi connectivity index (χ1v) is 3.24. The Balaban J connectivity index is 4.46. The minimum atomic E-state index is -2.42. The van der Waals surface area contributed by atoms with Gasteiger partial charge in [-0.3, -0.25) is 0 Å². The van der Waals surface area contributed by atoms with E-state index in [1.807, 2.05) is 0 Å². The van der Waals surface area contributed by atoms with Crippen LogP contribution < -0.4 is 0 Å². The summed E-state index contributed by atoms with van der Waals surface area (Å²) in [6.45, 7) is 2.56. The molecule has 0 atom stereocenters. The zero-order chi connectivity index (χ0) is 9.07. The monoisotopic (exact) mass is 174 g/mol. The fraction of sp³-hybridized carbons (Fsp3) is 1.00. The SMILES string of the molecule is CCC(CC)(N(F)F)N(F)F. The van der Waals surface area contributed by atoms with Crippen molar-refractivity contribution in [2.75, 3.05) is 0 Å². The molecular formula is C5H10F4N2. The van der Waals surface area contributed by atoms with Crippen LogP contribution in [0.25, 0.3) is 0 Å². The van der Waals surface area contributed by atoms with Crippen LogP contribution in [0.1, 0.15) is 26.7 Å². The molecule has 2 nitrogen and oxygen atoms in total. The van der Waals surface area contributed by atoms with Crippen LogP contribution in [0.5, 0.6) is 0 Å². The van der Waals surface area contributed by atoms with E-state index in [2.05, 4.69) is 0 Å². The van der Waals surface area contributed by atoms with Crippen LogP contribution in [0.2, 0.25) is 0 Å². The Labute approximate surface area is 62.1 Å². The lowest BCUT2D eigenvalue weighted by Crippen LogP contribution is -2.47. The zero-order valence-electron chi connectivity index (χ0n) is 6.32. The van der Waals surface area contributed by atoms with Crippen molar-refractivity contribution >= 4 is 0 Å². The van der Waals surface area contributed by atoms with Gasteiger partial charge in [0.15, 0.2) is 5.66 Å². The molecule has 0 fully saturated rings. The van der Waals surface area contributed by atoms with Gasteiger partial charge in [0.25, 0.3) is 0 Å². The van der Waals surface area contributed by atoms with E-state index in [0.717, 1.165) is 0 Å². The molecule has 0 bridgehead atoms. The van der Waals surface area contributed by atoms with E-state index < -0.39 is 16.4 Å². The largest absolute Gasteiger partial charge is 0.195 e. The number of halogens is 4. The normalized spacial score (nSPS) is 13.1.